The minimum atomic E-state index is -1.16. The van der Waals surface area contributed by atoms with Gasteiger partial charge in [0.1, 0.15) is 5.82 Å². The van der Waals surface area contributed by atoms with E-state index in [1.54, 1.807) is 0 Å². The van der Waals surface area contributed by atoms with E-state index < -0.39 is 11.9 Å². The Morgan fingerprint density at radius 3 is 3.00 bits per heavy atom. The van der Waals surface area contributed by atoms with E-state index in [4.69, 9.17) is 9.84 Å². The van der Waals surface area contributed by atoms with Gasteiger partial charge in [-0.2, -0.15) is 0 Å². The highest BCUT2D eigenvalue weighted by atomic mass is 19.1. The van der Waals surface area contributed by atoms with Crippen molar-refractivity contribution in [3.8, 4) is 0 Å². The van der Waals surface area contributed by atoms with Gasteiger partial charge in [0.25, 0.3) is 0 Å². The first-order chi connectivity index (χ1) is 7.15. The van der Waals surface area contributed by atoms with Crippen LogP contribution in [0.15, 0.2) is 18.2 Å². The Balaban J connectivity index is 2.84. The quantitative estimate of drug-likeness (QED) is 0.827. The van der Waals surface area contributed by atoms with Crippen LogP contribution in [-0.2, 0) is 4.74 Å². The summed E-state index contributed by atoms with van der Waals surface area (Å²) in [5.41, 5.74) is 0.180. The highest BCUT2D eigenvalue weighted by Crippen LogP contribution is 2.14. The molecule has 0 saturated carbocycles. The van der Waals surface area contributed by atoms with Gasteiger partial charge in [0.2, 0.25) is 0 Å². The van der Waals surface area contributed by atoms with Crippen LogP contribution in [0.2, 0.25) is 0 Å². The number of rotatable bonds is 4. The molecule has 0 fully saturated rings. The molecule has 0 bridgehead atoms. The molecule has 1 aromatic rings. The highest BCUT2D eigenvalue weighted by Gasteiger charge is 2.14. The third-order valence-corrected chi connectivity index (χ3v) is 1.79. The van der Waals surface area contributed by atoms with Crippen molar-refractivity contribution in [2.24, 2.45) is 0 Å². The zero-order valence-corrected chi connectivity index (χ0v) is 8.24. The van der Waals surface area contributed by atoms with Crippen molar-refractivity contribution in [2.45, 2.75) is 0 Å². The predicted octanol–water partition coefficient (Wildman–Crippen LogP) is 1.76. The normalized spacial score (nSPS) is 10.0. The lowest BCUT2D eigenvalue weighted by Gasteiger charge is -2.18. The summed E-state index contributed by atoms with van der Waals surface area (Å²) in [6.45, 7) is 0.391. The van der Waals surface area contributed by atoms with Gasteiger partial charge < -0.3 is 9.84 Å². The molecule has 81 valence electrons. The Bertz CT molecular complexity index is 343. The molecule has 0 aliphatic heterocycles. The monoisotopic (exact) mass is 212 g/mol. The number of ether oxygens (including phenoxy) is 1. The first-order valence-corrected chi connectivity index (χ1v) is 4.32. The molecule has 0 unspecified atom stereocenters. The van der Waals surface area contributed by atoms with Crippen LogP contribution in [0.4, 0.5) is 14.9 Å². The molecule has 0 saturated heterocycles. The number of nitrogens with zero attached hydrogens (tertiary/aromatic N) is 1. The Morgan fingerprint density at radius 2 is 2.47 bits per heavy atom. The maximum atomic E-state index is 12.8. The van der Waals surface area contributed by atoms with Crippen molar-refractivity contribution in [3.63, 3.8) is 0 Å². The molecule has 0 aliphatic rings. The van der Waals surface area contributed by atoms with Gasteiger partial charge in [0.05, 0.1) is 18.8 Å². The van der Waals surface area contributed by atoms with Crippen molar-refractivity contribution in [3.05, 3.63) is 30.1 Å². The molecule has 1 radical (unpaired) electrons. The Morgan fingerprint density at radius 1 is 1.73 bits per heavy atom. The van der Waals surface area contributed by atoms with E-state index in [0.29, 0.717) is 0 Å². The summed E-state index contributed by atoms with van der Waals surface area (Å²) >= 11 is 0. The van der Waals surface area contributed by atoms with Crippen molar-refractivity contribution < 1.29 is 19.0 Å². The summed E-state index contributed by atoms with van der Waals surface area (Å²) < 4.78 is 17.6. The van der Waals surface area contributed by atoms with E-state index in [1.807, 2.05) is 0 Å². The molecule has 1 amide bonds. The van der Waals surface area contributed by atoms with E-state index in [1.165, 1.54) is 19.2 Å². The summed E-state index contributed by atoms with van der Waals surface area (Å²) in [6, 6.07) is 6.31. The number of halogens is 1. The van der Waals surface area contributed by atoms with Gasteiger partial charge in [-0.15, -0.1) is 0 Å². The molecule has 0 aliphatic carbocycles. The zero-order chi connectivity index (χ0) is 11.3. The number of hydrogen-bond acceptors (Lipinski definition) is 2. The molecular formula is C10H11FNO3. The molecule has 0 heterocycles. The van der Waals surface area contributed by atoms with E-state index in [-0.39, 0.29) is 18.8 Å². The number of benzene rings is 1. The third-order valence-electron chi connectivity index (χ3n) is 1.79. The molecule has 1 aromatic carbocycles. The lowest BCUT2D eigenvalue weighted by atomic mass is 10.3. The molecule has 5 heteroatoms. The molecule has 1 N–H and O–H groups in total. The minimum Gasteiger partial charge on any atom is -0.465 e. The molecule has 0 aromatic heterocycles. The first kappa shape index (κ1) is 11.5. The van der Waals surface area contributed by atoms with Crippen LogP contribution in [0.1, 0.15) is 0 Å². The smallest absolute Gasteiger partial charge is 0.411 e. The second-order valence-electron chi connectivity index (χ2n) is 2.82. The largest absolute Gasteiger partial charge is 0.465 e. The fourth-order valence-corrected chi connectivity index (χ4v) is 1.08. The molecule has 1 rings (SSSR count). The zero-order valence-electron chi connectivity index (χ0n) is 8.24. The lowest BCUT2D eigenvalue weighted by molar-refractivity contribution is 0.186. The van der Waals surface area contributed by atoms with Crippen molar-refractivity contribution in [1.82, 2.24) is 0 Å². The summed E-state index contributed by atoms with van der Waals surface area (Å²) in [5, 5.41) is 8.87. The van der Waals surface area contributed by atoms with Crippen LogP contribution in [0.3, 0.4) is 0 Å². The van der Waals surface area contributed by atoms with Crippen LogP contribution >= 0.6 is 0 Å². The molecular weight excluding hydrogens is 201 g/mol. The fraction of sp³-hybridized carbons (Fsp3) is 0.300. The van der Waals surface area contributed by atoms with Crippen LogP contribution in [-0.4, -0.2) is 31.5 Å². The van der Waals surface area contributed by atoms with E-state index in [9.17, 15) is 9.18 Å². The van der Waals surface area contributed by atoms with Crippen molar-refractivity contribution in [1.29, 1.82) is 0 Å². The van der Waals surface area contributed by atoms with E-state index in [2.05, 4.69) is 6.07 Å². The number of carbonyl (C=O) groups is 1. The lowest BCUT2D eigenvalue weighted by Crippen LogP contribution is -2.32. The van der Waals surface area contributed by atoms with Gasteiger partial charge >= 0.3 is 6.09 Å². The van der Waals surface area contributed by atoms with Gasteiger partial charge in [0, 0.05) is 13.2 Å². The number of methoxy groups -OCH3 is 1. The maximum absolute atomic E-state index is 12.8. The molecule has 0 spiro atoms. The topological polar surface area (TPSA) is 49.8 Å². The fourth-order valence-electron chi connectivity index (χ4n) is 1.08. The third kappa shape index (κ3) is 3.21. The second kappa shape index (κ2) is 5.31. The Labute approximate surface area is 86.9 Å². The van der Waals surface area contributed by atoms with Crippen LogP contribution < -0.4 is 4.90 Å². The summed E-state index contributed by atoms with van der Waals surface area (Å²) in [4.78, 5) is 11.8. The molecule has 4 nitrogen and oxygen atoms in total. The number of anilines is 1. The summed E-state index contributed by atoms with van der Waals surface area (Å²) in [5.74, 6) is -0.493. The number of amides is 1. The van der Waals surface area contributed by atoms with Crippen LogP contribution in [0.5, 0.6) is 0 Å². The van der Waals surface area contributed by atoms with Gasteiger partial charge in [-0.1, -0.05) is 0 Å². The molecule has 15 heavy (non-hydrogen) atoms. The van der Waals surface area contributed by atoms with Gasteiger partial charge in [-0.3, -0.25) is 4.90 Å². The summed E-state index contributed by atoms with van der Waals surface area (Å²) in [7, 11) is 1.47. The molecule has 0 atom stereocenters. The van der Waals surface area contributed by atoms with E-state index >= 15 is 0 Å². The standard InChI is InChI=1S/C10H11FNO3/c1-15-6-5-12(10(13)14)9-4-2-3-8(11)7-9/h2-3,7H,5-6H2,1H3,(H,13,14). The van der Waals surface area contributed by atoms with Crippen molar-refractivity contribution in [2.75, 3.05) is 25.2 Å². The van der Waals surface area contributed by atoms with Crippen LogP contribution in [0.25, 0.3) is 0 Å². The minimum absolute atomic E-state index is 0.145. The summed E-state index contributed by atoms with van der Waals surface area (Å²) in [6.07, 6.45) is -1.16. The van der Waals surface area contributed by atoms with Gasteiger partial charge in [-0.25, -0.2) is 9.18 Å². The van der Waals surface area contributed by atoms with Gasteiger partial charge in [0.15, 0.2) is 0 Å². The van der Waals surface area contributed by atoms with E-state index in [0.717, 1.165) is 11.0 Å². The average molecular weight is 212 g/mol. The SMILES string of the molecule is COCCN(C(=O)O)c1[c]ccc(F)c1. The average Bonchev–Trinajstić information content (AvgIpc) is 2.18. The maximum Gasteiger partial charge on any atom is 0.411 e. The predicted molar refractivity (Wildman–Crippen MR) is 52.5 cm³/mol. The highest BCUT2D eigenvalue weighted by molar-refractivity contribution is 5.85. The Hall–Kier alpha value is -1.62. The first-order valence-electron chi connectivity index (χ1n) is 4.32. The number of carboxylic acid groups (broad SMARTS) is 1. The Kier molecular flexibility index (Phi) is 4.05. The number of hydrogen-bond donors (Lipinski definition) is 1. The second-order valence-corrected chi connectivity index (χ2v) is 2.82. The van der Waals surface area contributed by atoms with Crippen LogP contribution in [0, 0.1) is 11.9 Å². The van der Waals surface area contributed by atoms with Gasteiger partial charge in [-0.05, 0) is 18.2 Å². The van der Waals surface area contributed by atoms with Crippen molar-refractivity contribution >= 4 is 11.8 Å².